The van der Waals surface area contributed by atoms with E-state index in [4.69, 9.17) is 17.0 Å². The van der Waals surface area contributed by atoms with Gasteiger partial charge in [0.15, 0.2) is 6.23 Å². The molecular formula is C7H11NO5S. The fraction of sp³-hybridized carbons (Fsp3) is 0.857. The van der Waals surface area contributed by atoms with Gasteiger partial charge < -0.3 is 25.2 Å². The zero-order valence-electron chi connectivity index (χ0n) is 7.15. The molecule has 0 aromatic carbocycles. The summed E-state index contributed by atoms with van der Waals surface area (Å²) in [5.74, 6) is 0. The summed E-state index contributed by atoms with van der Waals surface area (Å²) < 4.78 is 4.95. The number of hydrogen-bond acceptors (Lipinski definition) is 6. The van der Waals surface area contributed by atoms with E-state index in [1.807, 2.05) is 0 Å². The van der Waals surface area contributed by atoms with E-state index in [2.05, 4.69) is 0 Å². The maximum Gasteiger partial charge on any atom is 0.261 e. The number of piperidine rings is 1. The van der Waals surface area contributed by atoms with E-state index in [0.717, 1.165) is 0 Å². The molecular weight excluding hydrogens is 210 g/mol. The molecule has 0 aromatic rings. The number of aliphatic hydroxyl groups excluding tert-OH is 4. The monoisotopic (exact) mass is 221 g/mol. The van der Waals surface area contributed by atoms with Crippen LogP contribution in [0.5, 0.6) is 0 Å². The SMILES string of the molecule is O[C@@H]1[C@@H](O)[C@H](O)N2C(=S)OC[C@H]2[C@H]1O. The van der Waals surface area contributed by atoms with Crippen LogP contribution in [0.4, 0.5) is 0 Å². The number of thiocarbonyl (C=S) groups is 1. The van der Waals surface area contributed by atoms with Gasteiger partial charge in [-0.05, 0) is 12.2 Å². The molecule has 2 heterocycles. The highest BCUT2D eigenvalue weighted by molar-refractivity contribution is 7.80. The Morgan fingerprint density at radius 2 is 1.79 bits per heavy atom. The first kappa shape index (κ1) is 10.1. The highest BCUT2D eigenvalue weighted by Gasteiger charge is 2.51. The van der Waals surface area contributed by atoms with Crippen LogP contribution in [0.15, 0.2) is 0 Å². The third-order valence-electron chi connectivity index (χ3n) is 2.63. The van der Waals surface area contributed by atoms with Gasteiger partial charge in [0.25, 0.3) is 5.17 Å². The van der Waals surface area contributed by atoms with Crippen LogP contribution >= 0.6 is 12.2 Å². The molecule has 0 aliphatic carbocycles. The predicted octanol–water partition coefficient (Wildman–Crippen LogP) is -2.61. The second kappa shape index (κ2) is 3.28. The number of hydrogen-bond donors (Lipinski definition) is 4. The Kier molecular flexibility index (Phi) is 2.36. The first-order valence-electron chi connectivity index (χ1n) is 4.21. The Morgan fingerprint density at radius 3 is 2.43 bits per heavy atom. The standard InChI is InChI=1S/C7H11NO5S/c9-3-2-1-13-7(14)8(2)6(12)5(11)4(3)10/h2-6,9-12H,1H2/t2-,3+,4-,5+,6-/m0/s1. The highest BCUT2D eigenvalue weighted by atomic mass is 32.1. The van der Waals surface area contributed by atoms with Crippen LogP contribution in [0.3, 0.4) is 0 Å². The molecule has 2 aliphatic rings. The fourth-order valence-electron chi connectivity index (χ4n) is 1.78. The summed E-state index contributed by atoms with van der Waals surface area (Å²) in [4.78, 5) is 1.21. The van der Waals surface area contributed by atoms with Crippen molar-refractivity contribution in [3.63, 3.8) is 0 Å². The van der Waals surface area contributed by atoms with Crippen LogP contribution < -0.4 is 0 Å². The molecule has 2 aliphatic heterocycles. The van der Waals surface area contributed by atoms with Crippen LogP contribution in [0.1, 0.15) is 0 Å². The summed E-state index contributed by atoms with van der Waals surface area (Å²) in [5, 5.41) is 37.9. The first-order valence-corrected chi connectivity index (χ1v) is 4.62. The number of fused-ring (bicyclic) bond motifs is 1. The Hall–Kier alpha value is -0.470. The number of aliphatic hydroxyl groups is 4. The van der Waals surface area contributed by atoms with E-state index in [-0.39, 0.29) is 11.8 Å². The summed E-state index contributed by atoms with van der Waals surface area (Å²) in [6.07, 6.45) is -5.32. The highest BCUT2D eigenvalue weighted by Crippen LogP contribution is 2.28. The van der Waals surface area contributed by atoms with Gasteiger partial charge in [0, 0.05) is 0 Å². The van der Waals surface area contributed by atoms with E-state index in [1.54, 1.807) is 0 Å². The molecule has 7 heteroatoms. The molecule has 0 bridgehead atoms. The lowest BCUT2D eigenvalue weighted by molar-refractivity contribution is -0.190. The maximum absolute atomic E-state index is 9.55. The van der Waals surface area contributed by atoms with E-state index in [1.165, 1.54) is 4.90 Å². The Labute approximate surface area is 85.3 Å². The number of ether oxygens (including phenoxy) is 1. The van der Waals surface area contributed by atoms with E-state index < -0.39 is 30.6 Å². The number of rotatable bonds is 0. The lowest BCUT2D eigenvalue weighted by Gasteiger charge is -2.42. The summed E-state index contributed by atoms with van der Waals surface area (Å²) in [5.41, 5.74) is 0. The minimum Gasteiger partial charge on any atom is -0.469 e. The first-order chi connectivity index (χ1) is 6.54. The number of nitrogens with zero attached hydrogens (tertiary/aromatic N) is 1. The molecule has 2 fully saturated rings. The van der Waals surface area contributed by atoms with E-state index >= 15 is 0 Å². The minimum atomic E-state index is -1.44. The van der Waals surface area contributed by atoms with Crippen molar-refractivity contribution < 1.29 is 25.2 Å². The average Bonchev–Trinajstić information content (AvgIpc) is 2.54. The van der Waals surface area contributed by atoms with E-state index in [0.29, 0.717) is 0 Å². The van der Waals surface area contributed by atoms with Gasteiger partial charge in [-0.2, -0.15) is 0 Å². The minimum absolute atomic E-state index is 0.0347. The Bertz CT molecular complexity index is 262. The van der Waals surface area contributed by atoms with Crippen LogP contribution in [-0.2, 0) is 4.74 Å². The molecule has 2 saturated heterocycles. The zero-order valence-corrected chi connectivity index (χ0v) is 7.96. The quantitative estimate of drug-likeness (QED) is 0.333. The van der Waals surface area contributed by atoms with Crippen molar-refractivity contribution in [3.05, 3.63) is 0 Å². The smallest absolute Gasteiger partial charge is 0.261 e. The molecule has 0 aromatic heterocycles. The molecule has 0 amide bonds. The van der Waals surface area contributed by atoms with Crippen molar-refractivity contribution >= 4 is 17.4 Å². The van der Waals surface area contributed by atoms with Crippen molar-refractivity contribution in [2.45, 2.75) is 30.6 Å². The predicted molar refractivity (Wildman–Crippen MR) is 48.2 cm³/mol. The molecule has 2 rings (SSSR count). The summed E-state index contributed by atoms with van der Waals surface area (Å²) in [7, 11) is 0. The molecule has 0 radical (unpaired) electrons. The van der Waals surface area contributed by atoms with Gasteiger partial charge in [0.2, 0.25) is 0 Å². The van der Waals surface area contributed by atoms with Crippen molar-refractivity contribution in [1.82, 2.24) is 4.90 Å². The molecule has 5 atom stereocenters. The summed E-state index contributed by atoms with van der Waals surface area (Å²) in [6, 6.07) is -0.587. The van der Waals surface area contributed by atoms with Gasteiger partial charge in [-0.25, -0.2) is 0 Å². The van der Waals surface area contributed by atoms with Crippen LogP contribution in [0.2, 0.25) is 0 Å². The van der Waals surface area contributed by atoms with Gasteiger partial charge in [-0.15, -0.1) is 0 Å². The van der Waals surface area contributed by atoms with Crippen LogP contribution in [0, 0.1) is 0 Å². The zero-order chi connectivity index (χ0) is 10.5. The normalized spacial score (nSPS) is 47.6. The molecule has 80 valence electrons. The van der Waals surface area contributed by atoms with Crippen LogP contribution in [0.25, 0.3) is 0 Å². The molecule has 0 spiro atoms. The lowest BCUT2D eigenvalue weighted by atomic mass is 9.94. The summed E-state index contributed by atoms with van der Waals surface area (Å²) in [6.45, 7) is 0.112. The Morgan fingerprint density at radius 1 is 1.14 bits per heavy atom. The second-order valence-corrected chi connectivity index (χ2v) is 3.79. The third-order valence-corrected chi connectivity index (χ3v) is 2.96. The van der Waals surface area contributed by atoms with Gasteiger partial charge in [-0.3, -0.25) is 4.90 Å². The topological polar surface area (TPSA) is 93.4 Å². The van der Waals surface area contributed by atoms with Crippen molar-refractivity contribution in [2.75, 3.05) is 6.61 Å². The maximum atomic E-state index is 9.55. The molecule has 4 N–H and O–H groups in total. The fourth-order valence-corrected chi connectivity index (χ4v) is 2.10. The van der Waals surface area contributed by atoms with E-state index in [9.17, 15) is 20.4 Å². The van der Waals surface area contributed by atoms with Gasteiger partial charge in [0.05, 0.1) is 6.04 Å². The van der Waals surface area contributed by atoms with Gasteiger partial charge in [-0.1, -0.05) is 0 Å². The van der Waals surface area contributed by atoms with Crippen molar-refractivity contribution in [1.29, 1.82) is 0 Å². The average molecular weight is 221 g/mol. The van der Waals surface area contributed by atoms with Gasteiger partial charge >= 0.3 is 0 Å². The summed E-state index contributed by atoms with van der Waals surface area (Å²) >= 11 is 4.78. The second-order valence-electron chi connectivity index (χ2n) is 3.44. The Balaban J connectivity index is 2.27. The molecule has 0 saturated carbocycles. The largest absolute Gasteiger partial charge is 0.469 e. The molecule has 6 nitrogen and oxygen atoms in total. The van der Waals surface area contributed by atoms with Crippen molar-refractivity contribution in [2.24, 2.45) is 0 Å². The van der Waals surface area contributed by atoms with Crippen molar-refractivity contribution in [3.8, 4) is 0 Å². The molecule has 14 heavy (non-hydrogen) atoms. The lowest BCUT2D eigenvalue weighted by Crippen LogP contribution is -2.65. The molecule has 0 unspecified atom stereocenters. The van der Waals surface area contributed by atoms with Crippen LogP contribution in [-0.4, -0.2) is 67.7 Å². The third kappa shape index (κ3) is 1.21. The van der Waals surface area contributed by atoms with Gasteiger partial charge in [0.1, 0.15) is 24.9 Å².